The Morgan fingerprint density at radius 2 is 1.87 bits per heavy atom. The summed E-state index contributed by atoms with van der Waals surface area (Å²) in [6.45, 7) is 1.59. The van der Waals surface area contributed by atoms with Crippen LogP contribution in [0.15, 0.2) is 59.2 Å². The second-order valence-electron chi connectivity index (χ2n) is 8.20. The summed E-state index contributed by atoms with van der Waals surface area (Å²) < 4.78 is 25.2. The molecule has 2 atom stereocenters. The van der Waals surface area contributed by atoms with Crippen LogP contribution in [0.2, 0.25) is 0 Å². The van der Waals surface area contributed by atoms with Crippen LogP contribution in [0, 0.1) is 0 Å². The van der Waals surface area contributed by atoms with Crippen LogP contribution in [0.3, 0.4) is 0 Å². The summed E-state index contributed by atoms with van der Waals surface area (Å²) in [6.07, 6.45) is 1.68. The highest BCUT2D eigenvalue weighted by molar-refractivity contribution is 5.95. The zero-order valence-corrected chi connectivity index (χ0v) is 17.4. The highest BCUT2D eigenvalue weighted by atomic mass is 16.7. The Morgan fingerprint density at radius 3 is 2.61 bits per heavy atom. The molecule has 0 N–H and O–H groups in total. The zero-order chi connectivity index (χ0) is 20.9. The van der Waals surface area contributed by atoms with Gasteiger partial charge in [-0.15, -0.1) is 0 Å². The van der Waals surface area contributed by atoms with E-state index in [9.17, 15) is 0 Å². The summed E-state index contributed by atoms with van der Waals surface area (Å²) in [7, 11) is 4.15. The molecule has 31 heavy (non-hydrogen) atoms. The number of likely N-dealkylation sites (N-methyl/N-ethyl adjacent to an activating group) is 1. The number of hydrogen-bond acceptors (Lipinski definition) is 6. The van der Waals surface area contributed by atoms with Crippen molar-refractivity contribution in [3.63, 3.8) is 0 Å². The molecular formula is C24H23N3O4. The van der Waals surface area contributed by atoms with Gasteiger partial charge in [0.1, 0.15) is 11.8 Å². The molecule has 7 heteroatoms. The highest BCUT2D eigenvalue weighted by Gasteiger charge is 2.38. The van der Waals surface area contributed by atoms with E-state index in [4.69, 9.17) is 23.7 Å². The second kappa shape index (κ2) is 7.14. The van der Waals surface area contributed by atoms with Crippen LogP contribution >= 0.6 is 0 Å². The summed E-state index contributed by atoms with van der Waals surface area (Å²) in [4.78, 5) is 2.19. The fourth-order valence-corrected chi connectivity index (χ4v) is 4.34. The predicted molar refractivity (Wildman–Crippen MR) is 115 cm³/mol. The Morgan fingerprint density at radius 1 is 1.06 bits per heavy atom. The molecule has 2 aliphatic heterocycles. The number of nitrogens with zero attached hydrogens (tertiary/aromatic N) is 3. The number of hydrogen-bond donors (Lipinski definition) is 0. The largest absolute Gasteiger partial charge is 0.462 e. The Kier molecular flexibility index (Phi) is 4.26. The summed E-state index contributed by atoms with van der Waals surface area (Å²) in [6, 6.07) is 16.6. The topological polar surface area (TPSA) is 61.9 Å². The van der Waals surface area contributed by atoms with E-state index in [0.717, 1.165) is 39.4 Å². The molecule has 7 nitrogen and oxygen atoms in total. The number of aromatic nitrogens is 2. The zero-order valence-electron chi connectivity index (χ0n) is 17.4. The van der Waals surface area contributed by atoms with Crippen molar-refractivity contribution in [1.29, 1.82) is 0 Å². The van der Waals surface area contributed by atoms with E-state index >= 15 is 0 Å². The fourth-order valence-electron chi connectivity index (χ4n) is 4.34. The minimum Gasteiger partial charge on any atom is -0.462 e. The van der Waals surface area contributed by atoms with Crippen molar-refractivity contribution in [3.05, 3.63) is 65.9 Å². The minimum atomic E-state index is -0.0351. The quantitative estimate of drug-likeness (QED) is 0.488. The van der Waals surface area contributed by atoms with Crippen LogP contribution in [-0.2, 0) is 11.3 Å². The van der Waals surface area contributed by atoms with E-state index < -0.39 is 0 Å². The van der Waals surface area contributed by atoms with Crippen molar-refractivity contribution < 1.29 is 18.6 Å². The summed E-state index contributed by atoms with van der Waals surface area (Å²) in [5, 5.41) is 5.95. The van der Waals surface area contributed by atoms with Crippen molar-refractivity contribution in [2.24, 2.45) is 0 Å². The Labute approximate surface area is 179 Å². The molecular weight excluding hydrogens is 394 g/mol. The van der Waals surface area contributed by atoms with E-state index in [-0.39, 0.29) is 12.9 Å². The van der Waals surface area contributed by atoms with Gasteiger partial charge in [0.2, 0.25) is 6.79 Å². The van der Waals surface area contributed by atoms with Gasteiger partial charge in [-0.3, -0.25) is 4.68 Å². The van der Waals surface area contributed by atoms with Crippen LogP contribution in [0.25, 0.3) is 22.4 Å². The van der Waals surface area contributed by atoms with Crippen LogP contribution in [0.5, 0.6) is 11.5 Å². The lowest BCUT2D eigenvalue weighted by atomic mass is 9.96. The number of furan rings is 1. The first-order chi connectivity index (χ1) is 15.2. The Balaban J connectivity index is 1.49. The van der Waals surface area contributed by atoms with Gasteiger partial charge in [0.25, 0.3) is 0 Å². The maximum atomic E-state index is 5.98. The molecule has 4 aromatic rings. The molecule has 0 spiro atoms. The van der Waals surface area contributed by atoms with Crippen molar-refractivity contribution in [3.8, 4) is 23.0 Å². The van der Waals surface area contributed by atoms with E-state index in [1.807, 2.05) is 41.1 Å². The first-order valence-corrected chi connectivity index (χ1v) is 10.4. The standard InChI is InChI=1S/C24H23N3O4/c1-26(2)19-13-29-23(19)16-8-9-28-24(16)22-17-10-20-21(31-14-30-20)11-18(17)27(25-22)12-15-6-4-3-5-7-15/h3-11,19,23H,12-14H2,1-2H3. The number of fused-ring (bicyclic) bond motifs is 2. The molecule has 6 rings (SSSR count). The molecule has 1 fully saturated rings. The monoisotopic (exact) mass is 417 g/mol. The van der Waals surface area contributed by atoms with Crippen molar-refractivity contribution in [2.45, 2.75) is 18.7 Å². The molecule has 0 radical (unpaired) electrons. The first kappa shape index (κ1) is 18.5. The minimum absolute atomic E-state index is 0.0351. The van der Waals surface area contributed by atoms with Gasteiger partial charge in [0.15, 0.2) is 17.3 Å². The molecule has 0 saturated carbocycles. The Bertz CT molecular complexity index is 1240. The van der Waals surface area contributed by atoms with Crippen LogP contribution in [-0.4, -0.2) is 48.2 Å². The average molecular weight is 417 g/mol. The smallest absolute Gasteiger partial charge is 0.231 e. The molecule has 158 valence electrons. The molecule has 0 amide bonds. The van der Waals surface area contributed by atoms with Gasteiger partial charge in [-0.05, 0) is 31.8 Å². The SMILES string of the molecule is CN(C)C1COC1c1ccoc1-c1nn(Cc2ccccc2)c2cc3c(cc12)OCO3. The van der Waals surface area contributed by atoms with Gasteiger partial charge in [-0.2, -0.15) is 5.10 Å². The van der Waals surface area contributed by atoms with Crippen molar-refractivity contribution in [1.82, 2.24) is 14.7 Å². The number of rotatable bonds is 5. The van der Waals surface area contributed by atoms with Crippen molar-refractivity contribution >= 4 is 10.9 Å². The molecule has 1 saturated heterocycles. The molecule has 0 aliphatic carbocycles. The molecule has 0 bridgehead atoms. The van der Waals surface area contributed by atoms with E-state index in [2.05, 4.69) is 31.1 Å². The van der Waals surface area contributed by atoms with Crippen molar-refractivity contribution in [2.75, 3.05) is 27.5 Å². The highest BCUT2D eigenvalue weighted by Crippen LogP contribution is 2.43. The van der Waals surface area contributed by atoms with Gasteiger partial charge < -0.3 is 23.5 Å². The first-order valence-electron chi connectivity index (χ1n) is 10.4. The molecule has 2 aromatic heterocycles. The van der Waals surface area contributed by atoms with E-state index in [1.54, 1.807) is 6.26 Å². The summed E-state index contributed by atoms with van der Waals surface area (Å²) in [5.41, 5.74) is 3.96. The molecule has 2 aliphatic rings. The van der Waals surface area contributed by atoms with Crippen LogP contribution < -0.4 is 9.47 Å². The van der Waals surface area contributed by atoms with Gasteiger partial charge in [0, 0.05) is 17.0 Å². The fraction of sp³-hybridized carbons (Fsp3) is 0.292. The van der Waals surface area contributed by atoms with Gasteiger partial charge >= 0.3 is 0 Å². The maximum Gasteiger partial charge on any atom is 0.231 e. The maximum absolute atomic E-state index is 5.98. The van der Waals surface area contributed by atoms with Gasteiger partial charge in [-0.25, -0.2) is 0 Å². The van der Waals surface area contributed by atoms with E-state index in [0.29, 0.717) is 19.2 Å². The number of ether oxygens (including phenoxy) is 3. The third kappa shape index (κ3) is 3.00. The normalized spacial score (nSPS) is 19.8. The lowest BCUT2D eigenvalue weighted by Crippen LogP contribution is -2.47. The second-order valence-corrected chi connectivity index (χ2v) is 8.20. The third-order valence-corrected chi connectivity index (χ3v) is 6.10. The van der Waals surface area contributed by atoms with E-state index in [1.165, 1.54) is 5.56 Å². The molecule has 4 heterocycles. The average Bonchev–Trinajstić information content (AvgIpc) is 3.45. The van der Waals surface area contributed by atoms with Crippen LogP contribution in [0.1, 0.15) is 17.2 Å². The lowest BCUT2D eigenvalue weighted by molar-refractivity contribution is -0.125. The molecule has 2 unspecified atom stereocenters. The third-order valence-electron chi connectivity index (χ3n) is 6.10. The molecule has 2 aromatic carbocycles. The number of benzene rings is 2. The van der Waals surface area contributed by atoms with Gasteiger partial charge in [-0.1, -0.05) is 30.3 Å². The van der Waals surface area contributed by atoms with Crippen LogP contribution in [0.4, 0.5) is 0 Å². The summed E-state index contributed by atoms with van der Waals surface area (Å²) in [5.74, 6) is 2.21. The summed E-state index contributed by atoms with van der Waals surface area (Å²) >= 11 is 0. The lowest BCUT2D eigenvalue weighted by Gasteiger charge is -2.40. The predicted octanol–water partition coefficient (Wildman–Crippen LogP) is 4.07. The van der Waals surface area contributed by atoms with Gasteiger partial charge in [0.05, 0.1) is 31.0 Å². The Hall–Kier alpha value is -3.29.